The molecule has 0 amide bonds. The lowest BCUT2D eigenvalue weighted by molar-refractivity contribution is -0.295. The standard InChI is InChI=1S/C14H20NO3/c1-13(2)7-9(8-14(3,4)15(13)18)12-10(16)5-6-11(12)17/h5-6,9,12H,7-8H2,1-4H3. The normalized spacial score (nSPS) is 29.2. The SMILES string of the molecule is CC1(C)CC(C2C(=O)C=CC2=O)CC(C)(C)N1[O]. The Morgan fingerprint density at radius 3 is 1.78 bits per heavy atom. The van der Waals surface area contributed by atoms with E-state index in [0.29, 0.717) is 12.8 Å². The lowest BCUT2D eigenvalue weighted by Gasteiger charge is -2.50. The van der Waals surface area contributed by atoms with Crippen LogP contribution in [-0.2, 0) is 14.8 Å². The summed E-state index contributed by atoms with van der Waals surface area (Å²) >= 11 is 0. The van der Waals surface area contributed by atoms with Gasteiger partial charge in [0.05, 0.1) is 5.92 Å². The third kappa shape index (κ3) is 2.04. The molecule has 99 valence electrons. The van der Waals surface area contributed by atoms with Gasteiger partial charge in [-0.3, -0.25) is 9.59 Å². The molecule has 1 aliphatic heterocycles. The number of hydrogen-bond donors (Lipinski definition) is 0. The Labute approximate surface area is 108 Å². The van der Waals surface area contributed by atoms with E-state index in [1.165, 1.54) is 12.2 Å². The number of hydroxylamine groups is 2. The summed E-state index contributed by atoms with van der Waals surface area (Å²) in [6, 6.07) is 0. The summed E-state index contributed by atoms with van der Waals surface area (Å²) in [6.07, 6.45) is 3.92. The summed E-state index contributed by atoms with van der Waals surface area (Å²) in [7, 11) is 0. The highest BCUT2D eigenvalue weighted by molar-refractivity contribution is 6.18. The summed E-state index contributed by atoms with van der Waals surface area (Å²) in [5.74, 6) is -0.792. The molecule has 0 spiro atoms. The smallest absolute Gasteiger partial charge is 0.166 e. The van der Waals surface area contributed by atoms with Gasteiger partial charge in [0.1, 0.15) is 0 Å². The monoisotopic (exact) mass is 250 g/mol. The Hall–Kier alpha value is -1.00. The summed E-state index contributed by atoms with van der Waals surface area (Å²) in [5.41, 5.74) is -1.06. The zero-order valence-corrected chi connectivity index (χ0v) is 11.4. The molecule has 0 aromatic carbocycles. The van der Waals surface area contributed by atoms with Crippen LogP contribution in [-0.4, -0.2) is 27.7 Å². The van der Waals surface area contributed by atoms with Crippen molar-refractivity contribution < 1.29 is 14.8 Å². The maximum atomic E-state index is 12.2. The molecule has 0 bridgehead atoms. The van der Waals surface area contributed by atoms with Gasteiger partial charge in [-0.1, -0.05) is 0 Å². The van der Waals surface area contributed by atoms with E-state index < -0.39 is 17.0 Å². The summed E-state index contributed by atoms with van der Waals surface area (Å²) in [4.78, 5) is 23.6. The molecule has 1 aliphatic carbocycles. The fraction of sp³-hybridized carbons (Fsp3) is 0.714. The summed E-state index contributed by atoms with van der Waals surface area (Å²) in [5, 5.41) is 13.3. The van der Waals surface area contributed by atoms with E-state index in [-0.39, 0.29) is 17.5 Å². The molecule has 0 N–H and O–H groups in total. The van der Waals surface area contributed by atoms with Crippen molar-refractivity contribution in [2.45, 2.75) is 51.6 Å². The molecule has 0 unspecified atom stereocenters. The van der Waals surface area contributed by atoms with Gasteiger partial charge in [0.15, 0.2) is 11.6 Å². The highest BCUT2D eigenvalue weighted by Crippen LogP contribution is 2.44. The van der Waals surface area contributed by atoms with Crippen molar-refractivity contribution in [2.24, 2.45) is 11.8 Å². The van der Waals surface area contributed by atoms with Gasteiger partial charge in [-0.15, -0.1) is 10.3 Å². The first-order chi connectivity index (χ1) is 8.15. The number of rotatable bonds is 1. The lowest BCUT2D eigenvalue weighted by Crippen LogP contribution is -2.59. The highest BCUT2D eigenvalue weighted by atomic mass is 16.5. The molecule has 4 nitrogen and oxygen atoms in total. The third-order valence-electron chi connectivity index (χ3n) is 4.12. The Bertz CT molecular complexity index is 387. The quantitative estimate of drug-likeness (QED) is 0.668. The van der Waals surface area contributed by atoms with Gasteiger partial charge >= 0.3 is 0 Å². The number of carbonyl (C=O) groups is 2. The molecule has 4 heteroatoms. The maximum Gasteiger partial charge on any atom is 0.166 e. The number of ketones is 2. The van der Waals surface area contributed by atoms with E-state index in [0.717, 1.165) is 5.06 Å². The average molecular weight is 250 g/mol. The fourth-order valence-electron chi connectivity index (χ4n) is 3.55. The molecule has 1 heterocycles. The van der Waals surface area contributed by atoms with Crippen molar-refractivity contribution in [2.75, 3.05) is 0 Å². The van der Waals surface area contributed by atoms with Gasteiger partial charge in [-0.25, -0.2) is 0 Å². The van der Waals surface area contributed by atoms with Crippen LogP contribution in [0.3, 0.4) is 0 Å². The number of carbonyl (C=O) groups excluding carboxylic acids is 2. The first-order valence-electron chi connectivity index (χ1n) is 6.38. The minimum atomic E-state index is -0.558. The number of nitrogens with zero attached hydrogens (tertiary/aromatic N) is 1. The topological polar surface area (TPSA) is 57.3 Å². The minimum Gasteiger partial charge on any atom is -0.294 e. The first kappa shape index (κ1) is 13.4. The van der Waals surface area contributed by atoms with E-state index >= 15 is 0 Å². The predicted molar refractivity (Wildman–Crippen MR) is 66.1 cm³/mol. The van der Waals surface area contributed by atoms with Crippen LogP contribution in [0.1, 0.15) is 40.5 Å². The Kier molecular flexibility index (Phi) is 2.98. The van der Waals surface area contributed by atoms with Gasteiger partial charge in [-0.05, 0) is 58.6 Å². The van der Waals surface area contributed by atoms with Crippen molar-refractivity contribution >= 4 is 11.6 Å². The molecular formula is C14H20NO3. The van der Waals surface area contributed by atoms with E-state index in [4.69, 9.17) is 0 Å². The van der Waals surface area contributed by atoms with Gasteiger partial charge in [0.25, 0.3) is 0 Å². The molecule has 0 aromatic rings. The van der Waals surface area contributed by atoms with E-state index in [1.807, 2.05) is 27.7 Å². The van der Waals surface area contributed by atoms with E-state index in [9.17, 15) is 14.8 Å². The number of allylic oxidation sites excluding steroid dienone is 2. The van der Waals surface area contributed by atoms with E-state index in [1.54, 1.807) is 0 Å². The molecule has 0 aromatic heterocycles. The van der Waals surface area contributed by atoms with Crippen LogP contribution in [0, 0.1) is 11.8 Å². The van der Waals surface area contributed by atoms with Gasteiger partial charge in [0.2, 0.25) is 0 Å². The second kappa shape index (κ2) is 4.00. The Morgan fingerprint density at radius 1 is 1.00 bits per heavy atom. The average Bonchev–Trinajstić information content (AvgIpc) is 2.54. The largest absolute Gasteiger partial charge is 0.294 e. The van der Waals surface area contributed by atoms with Crippen LogP contribution in [0.15, 0.2) is 12.2 Å². The summed E-state index contributed by atoms with van der Waals surface area (Å²) in [6.45, 7) is 7.52. The summed E-state index contributed by atoms with van der Waals surface area (Å²) < 4.78 is 0. The van der Waals surface area contributed by atoms with Crippen LogP contribution in [0.2, 0.25) is 0 Å². The second-order valence-electron chi connectivity index (χ2n) is 6.70. The predicted octanol–water partition coefficient (Wildman–Crippen LogP) is 1.93. The maximum absolute atomic E-state index is 12.2. The Morgan fingerprint density at radius 2 is 1.39 bits per heavy atom. The number of piperidine rings is 1. The van der Waals surface area contributed by atoms with Crippen LogP contribution in [0.25, 0.3) is 0 Å². The molecule has 1 saturated heterocycles. The van der Waals surface area contributed by atoms with Crippen molar-refractivity contribution in [3.8, 4) is 0 Å². The molecule has 2 rings (SSSR count). The molecule has 18 heavy (non-hydrogen) atoms. The molecule has 2 aliphatic rings. The third-order valence-corrected chi connectivity index (χ3v) is 4.12. The van der Waals surface area contributed by atoms with Gasteiger partial charge < -0.3 is 0 Å². The van der Waals surface area contributed by atoms with Gasteiger partial charge in [-0.2, -0.15) is 0 Å². The zero-order chi connectivity index (χ0) is 13.7. The van der Waals surface area contributed by atoms with Crippen molar-refractivity contribution in [1.29, 1.82) is 0 Å². The molecule has 1 fully saturated rings. The fourth-order valence-corrected chi connectivity index (χ4v) is 3.55. The van der Waals surface area contributed by atoms with Gasteiger partial charge in [0, 0.05) is 11.1 Å². The second-order valence-corrected chi connectivity index (χ2v) is 6.70. The minimum absolute atomic E-state index is 0.0322. The number of hydrogen-bond acceptors (Lipinski definition) is 3. The van der Waals surface area contributed by atoms with Crippen LogP contribution in [0.5, 0.6) is 0 Å². The lowest BCUT2D eigenvalue weighted by atomic mass is 9.69. The molecule has 0 saturated carbocycles. The highest BCUT2D eigenvalue weighted by Gasteiger charge is 2.50. The molecule has 1 radical (unpaired) electrons. The van der Waals surface area contributed by atoms with Crippen LogP contribution in [0.4, 0.5) is 0 Å². The van der Waals surface area contributed by atoms with Crippen LogP contribution >= 0.6 is 0 Å². The first-order valence-corrected chi connectivity index (χ1v) is 6.38. The molecule has 0 atom stereocenters. The van der Waals surface area contributed by atoms with E-state index in [2.05, 4.69) is 0 Å². The Balaban J connectivity index is 2.26. The van der Waals surface area contributed by atoms with Crippen LogP contribution < -0.4 is 0 Å². The van der Waals surface area contributed by atoms with Crippen molar-refractivity contribution in [3.05, 3.63) is 12.2 Å². The zero-order valence-electron chi connectivity index (χ0n) is 11.4. The molecular weight excluding hydrogens is 230 g/mol. The van der Waals surface area contributed by atoms with Crippen molar-refractivity contribution in [3.63, 3.8) is 0 Å². The van der Waals surface area contributed by atoms with Crippen molar-refractivity contribution in [1.82, 2.24) is 5.06 Å².